The van der Waals surface area contributed by atoms with Crippen molar-refractivity contribution in [1.82, 2.24) is 20.2 Å². The summed E-state index contributed by atoms with van der Waals surface area (Å²) in [4.78, 5) is 12.3. The minimum Gasteiger partial charge on any atom is -0.337 e. The smallest absolute Gasteiger partial charge is 0.231 e. The molecule has 1 amide bonds. The van der Waals surface area contributed by atoms with Crippen molar-refractivity contribution < 1.29 is 4.79 Å². The van der Waals surface area contributed by atoms with Crippen molar-refractivity contribution >= 4 is 17.7 Å². The molecule has 7 nitrogen and oxygen atoms in total. The Bertz CT molecular complexity index is 817. The number of benzene rings is 1. The normalized spacial score (nSPS) is 16.0. The van der Waals surface area contributed by atoms with Crippen LogP contribution in [0.25, 0.3) is 11.4 Å². The van der Waals surface area contributed by atoms with Gasteiger partial charge in [-0.3, -0.25) is 4.79 Å². The molecule has 0 aliphatic heterocycles. The van der Waals surface area contributed by atoms with E-state index < -0.39 is 5.54 Å². The Balaban J connectivity index is 1.62. The molecule has 1 aromatic heterocycles. The molecule has 0 bridgehead atoms. The monoisotopic (exact) mass is 370 g/mol. The molecular weight excluding hydrogens is 348 g/mol. The molecule has 26 heavy (non-hydrogen) atoms. The Morgan fingerprint density at radius 1 is 1.31 bits per heavy atom. The van der Waals surface area contributed by atoms with Gasteiger partial charge in [0, 0.05) is 5.56 Å². The van der Waals surface area contributed by atoms with Crippen molar-refractivity contribution in [2.45, 2.75) is 49.7 Å². The van der Waals surface area contributed by atoms with Crippen LogP contribution >= 0.6 is 11.8 Å². The molecule has 2 aromatic rings. The third kappa shape index (κ3) is 3.99. The summed E-state index contributed by atoms with van der Waals surface area (Å²) >= 11 is 1.21. The molecule has 1 fully saturated rings. The van der Waals surface area contributed by atoms with E-state index in [0.717, 1.165) is 30.4 Å². The highest BCUT2D eigenvalue weighted by Crippen LogP contribution is 2.28. The van der Waals surface area contributed by atoms with Gasteiger partial charge in [-0.2, -0.15) is 5.26 Å². The van der Waals surface area contributed by atoms with E-state index in [1.165, 1.54) is 16.4 Å². The summed E-state index contributed by atoms with van der Waals surface area (Å²) in [6.45, 7) is 2.01. The largest absolute Gasteiger partial charge is 0.337 e. The van der Waals surface area contributed by atoms with E-state index in [-0.39, 0.29) is 11.7 Å². The summed E-state index contributed by atoms with van der Waals surface area (Å²) < 4.78 is 1.39. The lowest BCUT2D eigenvalue weighted by Crippen LogP contribution is -2.49. The van der Waals surface area contributed by atoms with E-state index in [2.05, 4.69) is 21.6 Å². The predicted molar refractivity (Wildman–Crippen MR) is 101 cm³/mol. The second kappa shape index (κ2) is 7.79. The van der Waals surface area contributed by atoms with Gasteiger partial charge in [0.25, 0.3) is 0 Å². The molecule has 0 spiro atoms. The zero-order chi connectivity index (χ0) is 18.6. The van der Waals surface area contributed by atoms with Gasteiger partial charge in [0.2, 0.25) is 11.1 Å². The number of carbonyl (C=O) groups excluding carboxylic acids is 1. The number of nitrogen functional groups attached to an aromatic ring is 1. The third-order valence-electron chi connectivity index (χ3n) is 4.61. The second-order valence-corrected chi connectivity index (χ2v) is 7.58. The molecule has 1 heterocycles. The highest BCUT2D eigenvalue weighted by atomic mass is 32.2. The lowest BCUT2D eigenvalue weighted by Gasteiger charge is -2.31. The standard InChI is InChI=1S/C18H22N6OS/c1-13-5-7-14(8-6-13)16-22-23-17(24(16)20)26-11-15(25)21-18(12-19)9-3-2-4-10-18/h5-8H,2-4,9-11,20H2,1H3,(H,21,25). The summed E-state index contributed by atoms with van der Waals surface area (Å²) in [5.41, 5.74) is 1.30. The fourth-order valence-corrected chi connectivity index (χ4v) is 3.78. The minimum atomic E-state index is -0.723. The third-order valence-corrected chi connectivity index (χ3v) is 5.55. The molecule has 0 atom stereocenters. The Labute approximate surface area is 156 Å². The summed E-state index contributed by atoms with van der Waals surface area (Å²) in [5, 5.41) is 21.0. The van der Waals surface area contributed by atoms with Crippen molar-refractivity contribution in [3.63, 3.8) is 0 Å². The molecule has 0 unspecified atom stereocenters. The first kappa shape index (κ1) is 18.3. The highest BCUT2D eigenvalue weighted by molar-refractivity contribution is 7.99. The number of rotatable bonds is 5. The zero-order valence-corrected chi connectivity index (χ0v) is 15.6. The number of nitrogens with zero attached hydrogens (tertiary/aromatic N) is 4. The van der Waals surface area contributed by atoms with Crippen LogP contribution in [0.5, 0.6) is 0 Å². The number of aromatic nitrogens is 3. The Morgan fingerprint density at radius 2 is 2.00 bits per heavy atom. The van der Waals surface area contributed by atoms with Crippen LogP contribution in [0.2, 0.25) is 0 Å². The molecule has 1 saturated carbocycles. The Hall–Kier alpha value is -2.53. The van der Waals surface area contributed by atoms with Crippen LogP contribution in [-0.4, -0.2) is 32.1 Å². The highest BCUT2D eigenvalue weighted by Gasteiger charge is 2.33. The van der Waals surface area contributed by atoms with Crippen LogP contribution in [0.15, 0.2) is 29.4 Å². The second-order valence-electron chi connectivity index (χ2n) is 6.63. The van der Waals surface area contributed by atoms with E-state index in [1.54, 1.807) is 0 Å². The maximum absolute atomic E-state index is 12.3. The SMILES string of the molecule is Cc1ccc(-c2nnc(SCC(=O)NC3(C#N)CCCCC3)n2N)cc1. The minimum absolute atomic E-state index is 0.145. The summed E-state index contributed by atoms with van der Waals surface area (Å²) in [5.74, 6) is 6.60. The van der Waals surface area contributed by atoms with Gasteiger partial charge in [-0.1, -0.05) is 60.9 Å². The first-order chi connectivity index (χ1) is 12.5. The fourth-order valence-electron chi connectivity index (χ4n) is 3.13. The van der Waals surface area contributed by atoms with E-state index in [1.807, 2.05) is 31.2 Å². The van der Waals surface area contributed by atoms with Crippen molar-refractivity contribution in [2.24, 2.45) is 0 Å². The van der Waals surface area contributed by atoms with Crippen LogP contribution in [0.3, 0.4) is 0 Å². The number of aryl methyl sites for hydroxylation is 1. The molecule has 1 aliphatic carbocycles. The number of nitriles is 1. The van der Waals surface area contributed by atoms with Gasteiger partial charge in [0.15, 0.2) is 5.82 Å². The zero-order valence-electron chi connectivity index (χ0n) is 14.7. The lowest BCUT2D eigenvalue weighted by molar-refractivity contribution is -0.120. The van der Waals surface area contributed by atoms with Crippen LogP contribution < -0.4 is 11.2 Å². The first-order valence-corrected chi connectivity index (χ1v) is 9.64. The Kier molecular flexibility index (Phi) is 5.47. The quantitative estimate of drug-likeness (QED) is 0.618. The summed E-state index contributed by atoms with van der Waals surface area (Å²) in [7, 11) is 0. The maximum Gasteiger partial charge on any atom is 0.231 e. The first-order valence-electron chi connectivity index (χ1n) is 8.66. The maximum atomic E-state index is 12.3. The average Bonchev–Trinajstić information content (AvgIpc) is 3.02. The van der Waals surface area contributed by atoms with Gasteiger partial charge < -0.3 is 11.2 Å². The van der Waals surface area contributed by atoms with Crippen molar-refractivity contribution in [3.8, 4) is 17.5 Å². The summed E-state index contributed by atoms with van der Waals surface area (Å²) in [6, 6.07) is 10.1. The van der Waals surface area contributed by atoms with Crippen LogP contribution in [0.1, 0.15) is 37.7 Å². The predicted octanol–water partition coefficient (Wildman–Crippen LogP) is 2.40. The van der Waals surface area contributed by atoms with Gasteiger partial charge in [0.05, 0.1) is 11.8 Å². The molecule has 3 rings (SSSR count). The van der Waals surface area contributed by atoms with Gasteiger partial charge >= 0.3 is 0 Å². The number of thioether (sulfide) groups is 1. The van der Waals surface area contributed by atoms with Crippen LogP contribution in [0, 0.1) is 18.3 Å². The van der Waals surface area contributed by atoms with E-state index >= 15 is 0 Å². The molecule has 1 aliphatic rings. The average molecular weight is 370 g/mol. The molecule has 0 radical (unpaired) electrons. The molecular formula is C18H22N6OS. The molecule has 1 aromatic carbocycles. The molecule has 136 valence electrons. The number of amides is 1. The summed E-state index contributed by atoms with van der Waals surface area (Å²) in [6.07, 6.45) is 4.48. The van der Waals surface area contributed by atoms with E-state index in [0.29, 0.717) is 23.8 Å². The van der Waals surface area contributed by atoms with Crippen molar-refractivity contribution in [3.05, 3.63) is 29.8 Å². The van der Waals surface area contributed by atoms with E-state index in [4.69, 9.17) is 5.84 Å². The number of carbonyl (C=O) groups is 1. The van der Waals surface area contributed by atoms with Crippen LogP contribution in [-0.2, 0) is 4.79 Å². The van der Waals surface area contributed by atoms with Gasteiger partial charge in [-0.15, -0.1) is 10.2 Å². The van der Waals surface area contributed by atoms with Gasteiger partial charge in [-0.25, -0.2) is 4.68 Å². The molecule has 8 heteroatoms. The number of hydrogen-bond donors (Lipinski definition) is 2. The topological polar surface area (TPSA) is 110 Å². The van der Waals surface area contributed by atoms with Crippen molar-refractivity contribution in [2.75, 3.05) is 11.6 Å². The number of nitrogens with one attached hydrogen (secondary N) is 1. The van der Waals surface area contributed by atoms with Crippen molar-refractivity contribution in [1.29, 1.82) is 5.26 Å². The fraction of sp³-hybridized carbons (Fsp3) is 0.444. The number of nitrogens with two attached hydrogens (primary N) is 1. The van der Waals surface area contributed by atoms with Gasteiger partial charge in [0.1, 0.15) is 5.54 Å². The lowest BCUT2D eigenvalue weighted by atomic mass is 9.83. The van der Waals surface area contributed by atoms with Gasteiger partial charge in [-0.05, 0) is 19.8 Å². The van der Waals surface area contributed by atoms with Crippen LogP contribution in [0.4, 0.5) is 0 Å². The number of hydrogen-bond acceptors (Lipinski definition) is 6. The molecule has 0 saturated heterocycles. The Morgan fingerprint density at radius 3 is 2.65 bits per heavy atom. The molecule has 3 N–H and O–H groups in total. The van der Waals surface area contributed by atoms with E-state index in [9.17, 15) is 10.1 Å².